The lowest BCUT2D eigenvalue weighted by Gasteiger charge is -2.10. The zero-order valence-corrected chi connectivity index (χ0v) is 11.6. The Hall–Kier alpha value is -2.29. The van der Waals surface area contributed by atoms with Crippen molar-refractivity contribution in [1.82, 2.24) is 0 Å². The van der Waals surface area contributed by atoms with Crippen LogP contribution < -0.4 is 9.46 Å². The zero-order chi connectivity index (χ0) is 16.3. The summed E-state index contributed by atoms with van der Waals surface area (Å²) in [5.74, 6) is -2.20. The Labute approximate surface area is 123 Å². The van der Waals surface area contributed by atoms with E-state index in [4.69, 9.17) is 0 Å². The number of anilines is 1. The van der Waals surface area contributed by atoms with Crippen LogP contribution in [-0.4, -0.2) is 15.0 Å². The van der Waals surface area contributed by atoms with E-state index in [-0.39, 0.29) is 11.4 Å². The molecule has 0 heterocycles. The molecule has 2 rings (SSSR count). The van der Waals surface area contributed by atoms with Gasteiger partial charge in [0.2, 0.25) is 0 Å². The molecular weight excluding hydrogens is 326 g/mol. The minimum atomic E-state index is -4.36. The van der Waals surface area contributed by atoms with Gasteiger partial charge in [0.15, 0.2) is 0 Å². The summed E-state index contributed by atoms with van der Waals surface area (Å²) in [6.07, 6.45) is 0. The Morgan fingerprint density at radius 1 is 1.00 bits per heavy atom. The summed E-state index contributed by atoms with van der Waals surface area (Å²) in [6.45, 7) is -3.01. The van der Waals surface area contributed by atoms with Gasteiger partial charge in [-0.05, 0) is 42.5 Å². The molecule has 0 aliphatic rings. The molecule has 0 atom stereocenters. The molecule has 1 N–H and O–H groups in total. The molecule has 0 spiro atoms. The van der Waals surface area contributed by atoms with Crippen LogP contribution in [0.3, 0.4) is 0 Å². The summed E-state index contributed by atoms with van der Waals surface area (Å²) in [4.78, 5) is -0.861. The number of halogens is 4. The van der Waals surface area contributed by atoms with Crippen LogP contribution in [0.25, 0.3) is 0 Å². The Bertz CT molecular complexity index is 763. The van der Waals surface area contributed by atoms with Gasteiger partial charge in [0.05, 0.1) is 0 Å². The SMILES string of the molecule is O=S(=O)(Nc1ccc(OC(F)F)cc1)c1cc(F)ccc1F. The normalized spacial score (nSPS) is 11.5. The summed E-state index contributed by atoms with van der Waals surface area (Å²) < 4.78 is 80.5. The maximum Gasteiger partial charge on any atom is 0.387 e. The molecule has 0 aliphatic carbocycles. The van der Waals surface area contributed by atoms with Gasteiger partial charge < -0.3 is 4.74 Å². The van der Waals surface area contributed by atoms with E-state index in [9.17, 15) is 26.0 Å². The van der Waals surface area contributed by atoms with Gasteiger partial charge in [-0.15, -0.1) is 0 Å². The predicted octanol–water partition coefficient (Wildman–Crippen LogP) is 3.37. The van der Waals surface area contributed by atoms with Crippen LogP contribution in [0.5, 0.6) is 5.75 Å². The molecule has 118 valence electrons. The van der Waals surface area contributed by atoms with Gasteiger partial charge in [-0.2, -0.15) is 8.78 Å². The number of hydrogen-bond donors (Lipinski definition) is 1. The lowest BCUT2D eigenvalue weighted by molar-refractivity contribution is -0.0498. The second-order valence-electron chi connectivity index (χ2n) is 4.08. The molecular formula is C13H9F4NO3S. The Morgan fingerprint density at radius 2 is 1.64 bits per heavy atom. The number of ether oxygens (including phenoxy) is 1. The van der Waals surface area contributed by atoms with E-state index in [0.717, 1.165) is 30.3 Å². The molecule has 22 heavy (non-hydrogen) atoms. The van der Waals surface area contributed by atoms with Crippen molar-refractivity contribution in [2.24, 2.45) is 0 Å². The van der Waals surface area contributed by atoms with E-state index in [2.05, 4.69) is 4.74 Å². The van der Waals surface area contributed by atoms with Crippen LogP contribution in [0.4, 0.5) is 23.2 Å². The van der Waals surface area contributed by atoms with Crippen molar-refractivity contribution < 1.29 is 30.7 Å². The third kappa shape index (κ3) is 3.88. The molecule has 0 saturated carbocycles. The number of sulfonamides is 1. The van der Waals surface area contributed by atoms with E-state index < -0.39 is 33.2 Å². The first-order valence-corrected chi connectivity index (χ1v) is 7.29. The third-order valence-electron chi connectivity index (χ3n) is 2.51. The Balaban J connectivity index is 2.23. The fraction of sp³-hybridized carbons (Fsp3) is 0.0769. The lowest BCUT2D eigenvalue weighted by Crippen LogP contribution is -2.15. The molecule has 0 fully saturated rings. The van der Waals surface area contributed by atoms with Gasteiger partial charge >= 0.3 is 6.61 Å². The fourth-order valence-electron chi connectivity index (χ4n) is 1.60. The molecule has 0 aromatic heterocycles. The highest BCUT2D eigenvalue weighted by atomic mass is 32.2. The highest BCUT2D eigenvalue weighted by Gasteiger charge is 2.20. The highest BCUT2D eigenvalue weighted by molar-refractivity contribution is 7.92. The van der Waals surface area contributed by atoms with Gasteiger partial charge in [0.25, 0.3) is 10.0 Å². The van der Waals surface area contributed by atoms with Crippen LogP contribution >= 0.6 is 0 Å². The van der Waals surface area contributed by atoms with Crippen molar-refractivity contribution in [3.63, 3.8) is 0 Å². The van der Waals surface area contributed by atoms with E-state index in [1.807, 2.05) is 4.72 Å². The third-order valence-corrected chi connectivity index (χ3v) is 3.91. The molecule has 9 heteroatoms. The monoisotopic (exact) mass is 335 g/mol. The van der Waals surface area contributed by atoms with Crippen molar-refractivity contribution >= 4 is 15.7 Å². The summed E-state index contributed by atoms with van der Waals surface area (Å²) >= 11 is 0. The molecule has 0 radical (unpaired) electrons. The average molecular weight is 335 g/mol. The molecule has 0 saturated heterocycles. The number of benzene rings is 2. The Kier molecular flexibility index (Phi) is 4.55. The minimum absolute atomic E-state index is 0.0229. The first-order valence-electron chi connectivity index (χ1n) is 5.81. The first-order chi connectivity index (χ1) is 10.3. The first kappa shape index (κ1) is 16.1. The minimum Gasteiger partial charge on any atom is -0.435 e. The fourth-order valence-corrected chi connectivity index (χ4v) is 2.75. The second-order valence-corrected chi connectivity index (χ2v) is 5.73. The Morgan fingerprint density at radius 3 is 2.23 bits per heavy atom. The predicted molar refractivity (Wildman–Crippen MR) is 70.2 cm³/mol. The van der Waals surface area contributed by atoms with E-state index in [1.54, 1.807) is 0 Å². The van der Waals surface area contributed by atoms with Crippen molar-refractivity contribution in [3.8, 4) is 5.75 Å². The van der Waals surface area contributed by atoms with Crippen LogP contribution in [0.15, 0.2) is 47.4 Å². The number of alkyl halides is 2. The molecule has 0 amide bonds. The van der Waals surface area contributed by atoms with Crippen LogP contribution in [-0.2, 0) is 10.0 Å². The largest absolute Gasteiger partial charge is 0.435 e. The summed E-state index contributed by atoms with van der Waals surface area (Å²) in [7, 11) is -4.36. The lowest BCUT2D eigenvalue weighted by atomic mass is 10.3. The van der Waals surface area contributed by atoms with Gasteiger partial charge in [-0.25, -0.2) is 17.2 Å². The van der Waals surface area contributed by atoms with Crippen LogP contribution in [0, 0.1) is 11.6 Å². The smallest absolute Gasteiger partial charge is 0.387 e. The van der Waals surface area contributed by atoms with Gasteiger partial charge in [-0.3, -0.25) is 4.72 Å². The van der Waals surface area contributed by atoms with Crippen LogP contribution in [0.2, 0.25) is 0 Å². The molecule has 4 nitrogen and oxygen atoms in total. The van der Waals surface area contributed by atoms with Gasteiger partial charge in [0, 0.05) is 5.69 Å². The standard InChI is InChI=1S/C13H9F4NO3S/c14-8-1-6-11(15)12(7-8)22(19,20)18-9-2-4-10(5-3-9)21-13(16)17/h1-7,13,18H. The maximum atomic E-state index is 13.5. The molecule has 2 aromatic carbocycles. The molecule has 0 unspecified atom stereocenters. The summed E-state index contributed by atoms with van der Waals surface area (Å²) in [6, 6.07) is 6.50. The molecule has 0 aliphatic heterocycles. The van der Waals surface area contributed by atoms with Gasteiger partial charge in [0.1, 0.15) is 22.3 Å². The zero-order valence-electron chi connectivity index (χ0n) is 10.8. The number of nitrogens with one attached hydrogen (secondary N) is 1. The van der Waals surface area contributed by atoms with E-state index in [0.29, 0.717) is 12.1 Å². The van der Waals surface area contributed by atoms with Crippen molar-refractivity contribution in [3.05, 3.63) is 54.1 Å². The summed E-state index contributed by atoms with van der Waals surface area (Å²) in [5.41, 5.74) is -0.0229. The summed E-state index contributed by atoms with van der Waals surface area (Å²) in [5, 5.41) is 0. The number of hydrogen-bond acceptors (Lipinski definition) is 3. The highest BCUT2D eigenvalue weighted by Crippen LogP contribution is 2.22. The van der Waals surface area contributed by atoms with Crippen molar-refractivity contribution in [2.75, 3.05) is 4.72 Å². The number of rotatable bonds is 5. The van der Waals surface area contributed by atoms with Crippen molar-refractivity contribution in [1.29, 1.82) is 0 Å². The van der Waals surface area contributed by atoms with Crippen LogP contribution in [0.1, 0.15) is 0 Å². The molecule has 0 bridgehead atoms. The topological polar surface area (TPSA) is 55.4 Å². The maximum absolute atomic E-state index is 13.5. The average Bonchev–Trinajstić information content (AvgIpc) is 2.43. The van der Waals surface area contributed by atoms with E-state index in [1.165, 1.54) is 0 Å². The second kappa shape index (κ2) is 6.22. The van der Waals surface area contributed by atoms with Gasteiger partial charge in [-0.1, -0.05) is 0 Å². The molecule has 2 aromatic rings. The van der Waals surface area contributed by atoms with Crippen molar-refractivity contribution in [2.45, 2.75) is 11.5 Å². The quantitative estimate of drug-likeness (QED) is 0.853. The van der Waals surface area contributed by atoms with E-state index >= 15 is 0 Å².